The van der Waals surface area contributed by atoms with Gasteiger partial charge in [-0.25, -0.2) is 0 Å². The van der Waals surface area contributed by atoms with Crippen molar-refractivity contribution in [1.29, 1.82) is 0 Å². The fraction of sp³-hybridized carbons (Fsp3) is 0.333. The molecule has 11 heavy (non-hydrogen) atoms. The lowest BCUT2D eigenvalue weighted by Crippen LogP contribution is -2.07. The Balaban J connectivity index is 3.02. The van der Waals surface area contributed by atoms with E-state index in [1.54, 1.807) is 0 Å². The molecule has 0 spiro atoms. The van der Waals surface area contributed by atoms with E-state index in [4.69, 9.17) is 0 Å². The second-order valence-electron chi connectivity index (χ2n) is 2.01. The van der Waals surface area contributed by atoms with Crippen molar-refractivity contribution < 1.29 is 13.2 Å². The van der Waals surface area contributed by atoms with E-state index in [-0.39, 0.29) is 10.9 Å². The number of aromatic nitrogens is 1. The van der Waals surface area contributed by atoms with Gasteiger partial charge in [0, 0.05) is 11.5 Å². The predicted molar refractivity (Wildman–Crippen MR) is 38.4 cm³/mol. The second kappa shape index (κ2) is 2.89. The summed E-state index contributed by atoms with van der Waals surface area (Å²) in [4.78, 5) is 2.14. The summed E-state index contributed by atoms with van der Waals surface area (Å²) >= 11 is 2.96. The van der Waals surface area contributed by atoms with Crippen molar-refractivity contribution in [2.45, 2.75) is 11.5 Å². The van der Waals surface area contributed by atoms with Crippen LogP contribution in [-0.2, 0) is 11.5 Å². The highest BCUT2D eigenvalue weighted by Crippen LogP contribution is 2.31. The van der Waals surface area contributed by atoms with Gasteiger partial charge in [0.15, 0.2) is 0 Å². The number of alkyl halides is 4. The topological polar surface area (TPSA) is 15.8 Å². The Hall–Kier alpha value is -0.450. The molecule has 0 unspecified atom stereocenters. The summed E-state index contributed by atoms with van der Waals surface area (Å²) in [6, 6.07) is 1.40. The van der Waals surface area contributed by atoms with Gasteiger partial charge in [-0.05, 0) is 11.6 Å². The summed E-state index contributed by atoms with van der Waals surface area (Å²) in [7, 11) is 0. The van der Waals surface area contributed by atoms with Crippen LogP contribution < -0.4 is 0 Å². The molecule has 5 heteroatoms. The molecule has 0 aliphatic carbocycles. The summed E-state index contributed by atoms with van der Waals surface area (Å²) in [6.07, 6.45) is -2.99. The minimum Gasteiger partial charge on any atom is -0.357 e. The molecule has 0 saturated carbocycles. The molecule has 0 atom stereocenters. The molecule has 0 fully saturated rings. The first-order valence-corrected chi connectivity index (χ1v) is 3.97. The summed E-state index contributed by atoms with van der Waals surface area (Å²) in [5.41, 5.74) is -0.438. The molecule has 0 aliphatic heterocycles. The lowest BCUT2D eigenvalue weighted by molar-refractivity contribution is -0.141. The van der Waals surface area contributed by atoms with Crippen LogP contribution in [0.1, 0.15) is 11.3 Å². The molecular weight excluding hydrogens is 223 g/mol. The minimum absolute atomic E-state index is 0.214. The number of rotatable bonds is 1. The van der Waals surface area contributed by atoms with E-state index in [0.29, 0.717) is 0 Å². The highest BCUT2D eigenvalue weighted by Gasteiger charge is 2.34. The first kappa shape index (κ1) is 8.64. The van der Waals surface area contributed by atoms with Crippen LogP contribution in [0.15, 0.2) is 12.3 Å². The Morgan fingerprint density at radius 1 is 1.45 bits per heavy atom. The third-order valence-corrected chi connectivity index (χ3v) is 1.86. The third-order valence-electron chi connectivity index (χ3n) is 1.26. The van der Waals surface area contributed by atoms with Crippen LogP contribution in [0.4, 0.5) is 13.2 Å². The first-order valence-electron chi connectivity index (χ1n) is 2.85. The molecule has 0 radical (unpaired) electrons. The molecule has 0 bridgehead atoms. The SMILES string of the molecule is FC(F)(F)c1[nH]ccc1CBr. The largest absolute Gasteiger partial charge is 0.431 e. The Morgan fingerprint density at radius 3 is 2.45 bits per heavy atom. The normalized spacial score (nSPS) is 12.0. The number of nitrogens with one attached hydrogen (secondary N) is 1. The smallest absolute Gasteiger partial charge is 0.357 e. The summed E-state index contributed by atoms with van der Waals surface area (Å²) in [5.74, 6) is 0. The molecular formula is C6H5BrF3N. The van der Waals surface area contributed by atoms with Crippen molar-refractivity contribution in [3.63, 3.8) is 0 Å². The van der Waals surface area contributed by atoms with Gasteiger partial charge in [-0.2, -0.15) is 13.2 Å². The second-order valence-corrected chi connectivity index (χ2v) is 2.57. The van der Waals surface area contributed by atoms with Crippen LogP contribution in [0, 0.1) is 0 Å². The summed E-state index contributed by atoms with van der Waals surface area (Å²) < 4.78 is 36.0. The standard InChI is InChI=1S/C6H5BrF3N/c7-3-4-1-2-11-5(4)6(8,9)10/h1-2,11H,3H2. The zero-order valence-corrected chi connectivity index (χ0v) is 6.96. The van der Waals surface area contributed by atoms with Crippen molar-refractivity contribution in [3.05, 3.63) is 23.5 Å². The Labute approximate surface area is 69.7 Å². The minimum atomic E-state index is -4.27. The molecule has 1 rings (SSSR count). The van der Waals surface area contributed by atoms with Crippen LogP contribution in [0.2, 0.25) is 0 Å². The molecule has 1 nitrogen and oxygen atoms in total. The van der Waals surface area contributed by atoms with Gasteiger partial charge in [0.2, 0.25) is 0 Å². The number of hydrogen-bond donors (Lipinski definition) is 1. The maximum absolute atomic E-state index is 12.0. The van der Waals surface area contributed by atoms with E-state index in [9.17, 15) is 13.2 Å². The highest BCUT2D eigenvalue weighted by molar-refractivity contribution is 9.08. The lowest BCUT2D eigenvalue weighted by Gasteiger charge is -2.04. The molecule has 62 valence electrons. The maximum atomic E-state index is 12.0. The monoisotopic (exact) mass is 227 g/mol. The maximum Gasteiger partial charge on any atom is 0.431 e. The highest BCUT2D eigenvalue weighted by atomic mass is 79.9. The molecule has 1 aromatic heterocycles. The van der Waals surface area contributed by atoms with E-state index in [0.717, 1.165) is 0 Å². The molecule has 1 aromatic rings. The van der Waals surface area contributed by atoms with Gasteiger partial charge in [0.05, 0.1) is 0 Å². The van der Waals surface area contributed by atoms with Crippen molar-refractivity contribution in [2.75, 3.05) is 0 Å². The Bertz CT molecular complexity index is 240. The zero-order chi connectivity index (χ0) is 8.48. The van der Waals surface area contributed by atoms with Gasteiger partial charge in [-0.1, -0.05) is 15.9 Å². The zero-order valence-electron chi connectivity index (χ0n) is 5.37. The van der Waals surface area contributed by atoms with Crippen molar-refractivity contribution in [1.82, 2.24) is 4.98 Å². The van der Waals surface area contributed by atoms with Crippen LogP contribution in [0.5, 0.6) is 0 Å². The van der Waals surface area contributed by atoms with Gasteiger partial charge in [-0.15, -0.1) is 0 Å². The Morgan fingerprint density at radius 2 is 2.09 bits per heavy atom. The van der Waals surface area contributed by atoms with E-state index in [1.165, 1.54) is 12.3 Å². The van der Waals surface area contributed by atoms with Gasteiger partial charge in [-0.3, -0.25) is 0 Å². The van der Waals surface area contributed by atoms with E-state index in [1.807, 2.05) is 0 Å². The van der Waals surface area contributed by atoms with E-state index >= 15 is 0 Å². The van der Waals surface area contributed by atoms with E-state index in [2.05, 4.69) is 20.9 Å². The van der Waals surface area contributed by atoms with Crippen LogP contribution in [0.25, 0.3) is 0 Å². The average Bonchev–Trinajstić information content (AvgIpc) is 2.31. The van der Waals surface area contributed by atoms with Crippen LogP contribution in [-0.4, -0.2) is 4.98 Å². The first-order chi connectivity index (χ1) is 5.05. The quantitative estimate of drug-likeness (QED) is 0.711. The van der Waals surface area contributed by atoms with Crippen LogP contribution >= 0.6 is 15.9 Å². The number of hydrogen-bond acceptors (Lipinski definition) is 0. The molecule has 0 aromatic carbocycles. The Kier molecular flexibility index (Phi) is 2.27. The number of H-pyrrole nitrogens is 1. The molecule has 0 amide bonds. The van der Waals surface area contributed by atoms with Gasteiger partial charge in [0.25, 0.3) is 0 Å². The predicted octanol–water partition coefficient (Wildman–Crippen LogP) is 2.93. The summed E-state index contributed by atoms with van der Waals surface area (Å²) in [5, 5.41) is 0.214. The van der Waals surface area contributed by atoms with Crippen molar-refractivity contribution in [2.24, 2.45) is 0 Å². The van der Waals surface area contributed by atoms with Gasteiger partial charge < -0.3 is 4.98 Å². The van der Waals surface area contributed by atoms with Crippen molar-refractivity contribution in [3.8, 4) is 0 Å². The molecule has 1 N–H and O–H groups in total. The fourth-order valence-electron chi connectivity index (χ4n) is 0.777. The third kappa shape index (κ3) is 1.77. The van der Waals surface area contributed by atoms with Crippen molar-refractivity contribution >= 4 is 15.9 Å². The average molecular weight is 228 g/mol. The summed E-state index contributed by atoms with van der Waals surface area (Å²) in [6.45, 7) is 0. The number of halogens is 4. The van der Waals surface area contributed by atoms with E-state index < -0.39 is 11.9 Å². The van der Waals surface area contributed by atoms with Gasteiger partial charge in [0.1, 0.15) is 5.69 Å². The molecule has 1 heterocycles. The molecule has 0 saturated heterocycles. The number of aromatic amines is 1. The molecule has 0 aliphatic rings. The van der Waals surface area contributed by atoms with Gasteiger partial charge >= 0.3 is 6.18 Å². The fourth-order valence-corrected chi connectivity index (χ4v) is 1.24. The van der Waals surface area contributed by atoms with Crippen LogP contribution in [0.3, 0.4) is 0 Å². The lowest BCUT2D eigenvalue weighted by atomic mass is 10.3.